The van der Waals surface area contributed by atoms with Crippen LogP contribution in [0.15, 0.2) is 18.2 Å². The molecule has 0 spiro atoms. The van der Waals surface area contributed by atoms with Crippen LogP contribution in [0.3, 0.4) is 0 Å². The number of nitrogens with zero attached hydrogens (tertiary/aromatic N) is 4. The summed E-state index contributed by atoms with van der Waals surface area (Å²) in [6, 6.07) is 6.38. The van der Waals surface area contributed by atoms with Crippen molar-refractivity contribution in [2.75, 3.05) is 51.2 Å². The summed E-state index contributed by atoms with van der Waals surface area (Å²) >= 11 is 0. The van der Waals surface area contributed by atoms with E-state index in [1.165, 1.54) is 18.5 Å². The topological polar surface area (TPSA) is 47.1 Å². The first kappa shape index (κ1) is 20.2. The minimum atomic E-state index is -0.0884. The molecule has 2 fully saturated rings. The first-order valence-electron chi connectivity index (χ1n) is 10.9. The van der Waals surface area contributed by atoms with E-state index in [-0.39, 0.29) is 17.4 Å². The van der Waals surface area contributed by atoms with Gasteiger partial charge in [0.05, 0.1) is 0 Å². The number of anilines is 1. The van der Waals surface area contributed by atoms with Crippen LogP contribution in [0, 0.1) is 5.92 Å². The lowest BCUT2D eigenvalue weighted by molar-refractivity contribution is -0.138. The molecule has 0 radical (unpaired) electrons. The molecule has 0 unspecified atom stereocenters. The second-order valence-corrected chi connectivity index (χ2v) is 9.65. The summed E-state index contributed by atoms with van der Waals surface area (Å²) in [5.41, 5.74) is 3.11. The Morgan fingerprint density at radius 3 is 2.52 bits per heavy atom. The Morgan fingerprint density at radius 2 is 1.86 bits per heavy atom. The summed E-state index contributed by atoms with van der Waals surface area (Å²) in [5, 5.41) is 0. The molecule has 0 atom stereocenters. The first-order valence-corrected chi connectivity index (χ1v) is 10.9. The summed E-state index contributed by atoms with van der Waals surface area (Å²) in [6.45, 7) is 12.7. The molecule has 0 N–H and O–H groups in total. The van der Waals surface area contributed by atoms with Crippen molar-refractivity contribution in [1.29, 1.82) is 0 Å². The van der Waals surface area contributed by atoms with E-state index in [2.05, 4.69) is 41.8 Å². The molecule has 6 heteroatoms. The van der Waals surface area contributed by atoms with E-state index < -0.39 is 0 Å². The second kappa shape index (κ2) is 7.63. The Hall–Kier alpha value is -2.08. The quantitative estimate of drug-likeness (QED) is 0.785. The van der Waals surface area contributed by atoms with Gasteiger partial charge in [-0.15, -0.1) is 0 Å². The van der Waals surface area contributed by atoms with Crippen molar-refractivity contribution in [1.82, 2.24) is 14.7 Å². The average molecular weight is 399 g/mol. The monoisotopic (exact) mass is 398 g/mol. The molecule has 29 heavy (non-hydrogen) atoms. The van der Waals surface area contributed by atoms with Gasteiger partial charge in [0.2, 0.25) is 5.91 Å². The van der Waals surface area contributed by atoms with E-state index in [0.717, 1.165) is 56.9 Å². The molecular weight excluding hydrogens is 364 g/mol. The van der Waals surface area contributed by atoms with Crippen LogP contribution in [-0.2, 0) is 11.3 Å². The molecule has 2 saturated heterocycles. The van der Waals surface area contributed by atoms with Gasteiger partial charge >= 0.3 is 0 Å². The maximum absolute atomic E-state index is 12.3. The lowest BCUT2D eigenvalue weighted by Gasteiger charge is -2.48. The number of piperidine rings is 1. The van der Waals surface area contributed by atoms with Crippen LogP contribution in [0.2, 0.25) is 0 Å². The molecule has 2 amide bonds. The van der Waals surface area contributed by atoms with E-state index in [0.29, 0.717) is 5.92 Å². The predicted molar refractivity (Wildman–Crippen MR) is 115 cm³/mol. The lowest BCUT2D eigenvalue weighted by Crippen LogP contribution is -2.61. The van der Waals surface area contributed by atoms with Crippen molar-refractivity contribution in [2.45, 2.75) is 45.7 Å². The zero-order valence-corrected chi connectivity index (χ0v) is 18.3. The number of amides is 2. The molecule has 0 bridgehead atoms. The summed E-state index contributed by atoms with van der Waals surface area (Å²) in [4.78, 5) is 32.9. The largest absolute Gasteiger partial charge is 0.371 e. The van der Waals surface area contributed by atoms with Gasteiger partial charge in [-0.3, -0.25) is 14.5 Å². The smallest absolute Gasteiger partial charge is 0.254 e. The van der Waals surface area contributed by atoms with Crippen LogP contribution < -0.4 is 4.90 Å². The second-order valence-electron chi connectivity index (χ2n) is 9.65. The normalized spacial score (nSPS) is 22.9. The predicted octanol–water partition coefficient (Wildman–Crippen LogP) is 2.43. The van der Waals surface area contributed by atoms with E-state index in [1.807, 2.05) is 11.9 Å². The van der Waals surface area contributed by atoms with Crippen LogP contribution in [-0.4, -0.2) is 78.4 Å². The van der Waals surface area contributed by atoms with Crippen LogP contribution in [0.25, 0.3) is 0 Å². The minimum Gasteiger partial charge on any atom is -0.371 e. The molecule has 0 aromatic heterocycles. The number of rotatable bonds is 3. The van der Waals surface area contributed by atoms with E-state index >= 15 is 0 Å². The Morgan fingerprint density at radius 1 is 1.14 bits per heavy atom. The average Bonchev–Trinajstić information content (AvgIpc) is 2.95. The maximum atomic E-state index is 12.3. The van der Waals surface area contributed by atoms with Crippen molar-refractivity contribution >= 4 is 17.5 Å². The van der Waals surface area contributed by atoms with Crippen LogP contribution >= 0.6 is 0 Å². The number of benzene rings is 1. The zero-order valence-electron chi connectivity index (χ0n) is 18.3. The molecule has 4 rings (SSSR count). The van der Waals surface area contributed by atoms with Crippen LogP contribution in [0.5, 0.6) is 0 Å². The van der Waals surface area contributed by atoms with Crippen LogP contribution in [0.1, 0.15) is 49.5 Å². The third kappa shape index (κ3) is 4.00. The Labute approximate surface area is 174 Å². The number of carbonyl (C=O) groups excluding carboxylic acids is 2. The van der Waals surface area contributed by atoms with Gasteiger partial charge in [0.1, 0.15) is 0 Å². The molecule has 3 heterocycles. The van der Waals surface area contributed by atoms with Crippen LogP contribution in [0.4, 0.5) is 5.69 Å². The van der Waals surface area contributed by atoms with Gasteiger partial charge in [0, 0.05) is 76.6 Å². The highest BCUT2D eigenvalue weighted by molar-refractivity contribution is 5.99. The van der Waals surface area contributed by atoms with Crippen molar-refractivity contribution in [3.05, 3.63) is 29.3 Å². The fourth-order valence-electron chi connectivity index (χ4n) is 5.37. The number of piperazine rings is 1. The number of hydrogen-bond donors (Lipinski definition) is 0. The van der Waals surface area contributed by atoms with Gasteiger partial charge in [0.15, 0.2) is 0 Å². The summed E-state index contributed by atoms with van der Waals surface area (Å²) < 4.78 is 0. The van der Waals surface area contributed by atoms with Crippen molar-refractivity contribution < 1.29 is 9.59 Å². The molecule has 3 aliphatic heterocycles. The summed E-state index contributed by atoms with van der Waals surface area (Å²) in [5.74, 6) is 1.03. The van der Waals surface area contributed by atoms with Gasteiger partial charge < -0.3 is 14.7 Å². The fraction of sp³-hybridized carbons (Fsp3) is 0.652. The third-order valence-electron chi connectivity index (χ3n) is 6.94. The van der Waals surface area contributed by atoms with E-state index in [4.69, 9.17) is 0 Å². The van der Waals surface area contributed by atoms with Crippen molar-refractivity contribution in [2.24, 2.45) is 5.92 Å². The third-order valence-corrected chi connectivity index (χ3v) is 6.94. The molecule has 0 aliphatic carbocycles. The van der Waals surface area contributed by atoms with E-state index in [9.17, 15) is 9.59 Å². The van der Waals surface area contributed by atoms with Gasteiger partial charge in [-0.05, 0) is 50.3 Å². The molecule has 6 nitrogen and oxygen atoms in total. The molecule has 1 aromatic rings. The number of fused-ring (bicyclic) bond motifs is 1. The summed E-state index contributed by atoms with van der Waals surface area (Å²) in [7, 11) is 1.87. The molecular formula is C23H34N4O2. The van der Waals surface area contributed by atoms with Crippen molar-refractivity contribution in [3.63, 3.8) is 0 Å². The molecule has 0 saturated carbocycles. The number of carbonyl (C=O) groups is 2. The molecule has 1 aromatic carbocycles. The van der Waals surface area contributed by atoms with Gasteiger partial charge in [0.25, 0.3) is 5.91 Å². The Bertz CT molecular complexity index is 798. The zero-order chi connectivity index (χ0) is 20.8. The SMILES string of the molecule is CC(=O)N1CCN(CC2CCN(c3ccc4c(c3)C(=O)N(C)C4)CC2)CC1(C)C. The molecule has 158 valence electrons. The maximum Gasteiger partial charge on any atom is 0.254 e. The highest BCUT2D eigenvalue weighted by Gasteiger charge is 2.36. The Kier molecular flexibility index (Phi) is 5.32. The van der Waals surface area contributed by atoms with Gasteiger partial charge in [-0.1, -0.05) is 6.07 Å². The van der Waals surface area contributed by atoms with E-state index in [1.54, 1.807) is 11.8 Å². The highest BCUT2D eigenvalue weighted by atomic mass is 16.2. The fourth-order valence-corrected chi connectivity index (χ4v) is 5.37. The highest BCUT2D eigenvalue weighted by Crippen LogP contribution is 2.30. The standard InChI is InChI=1S/C23H34N4O2/c1-17(28)27-12-11-25(16-23(27,2)3)14-18-7-9-26(10-8-18)20-6-5-19-15-24(4)22(29)21(19)13-20/h5-6,13,18H,7-12,14-16H2,1-4H3. The number of hydrogen-bond acceptors (Lipinski definition) is 4. The first-order chi connectivity index (χ1) is 13.7. The summed E-state index contributed by atoms with van der Waals surface area (Å²) in [6.07, 6.45) is 2.36. The molecule has 3 aliphatic rings. The lowest BCUT2D eigenvalue weighted by atomic mass is 9.93. The van der Waals surface area contributed by atoms with Gasteiger partial charge in [-0.2, -0.15) is 0 Å². The Balaban J connectivity index is 1.32. The van der Waals surface area contributed by atoms with Gasteiger partial charge in [-0.25, -0.2) is 0 Å². The van der Waals surface area contributed by atoms with Crippen molar-refractivity contribution in [3.8, 4) is 0 Å². The minimum absolute atomic E-state index is 0.0884.